The van der Waals surface area contributed by atoms with Gasteiger partial charge in [-0.05, 0) is 43.9 Å². The quantitative estimate of drug-likeness (QED) is 0.318. The van der Waals surface area contributed by atoms with Crippen molar-refractivity contribution in [1.29, 1.82) is 0 Å². The van der Waals surface area contributed by atoms with Gasteiger partial charge in [0.15, 0.2) is 5.16 Å². The Hall–Kier alpha value is -2.69. The summed E-state index contributed by atoms with van der Waals surface area (Å²) in [5.74, 6) is 0.251. The molecule has 176 valence electrons. The molecule has 0 aliphatic heterocycles. The molecule has 0 aliphatic rings. The average Bonchev–Trinajstić information content (AvgIpc) is 3.27. The molecule has 2 aromatic carbocycles. The van der Waals surface area contributed by atoms with E-state index in [-0.39, 0.29) is 23.9 Å². The van der Waals surface area contributed by atoms with Crippen LogP contribution < -0.4 is 5.32 Å². The second kappa shape index (κ2) is 11.4. The largest absolute Gasteiger partial charge is 0.354 e. The van der Waals surface area contributed by atoms with Gasteiger partial charge in [0.25, 0.3) is 0 Å². The number of aryl methyl sites for hydroxylation is 3. The number of carbonyl (C=O) groups excluding carboxylic acids is 1. The van der Waals surface area contributed by atoms with Crippen LogP contribution in [0.3, 0.4) is 0 Å². The summed E-state index contributed by atoms with van der Waals surface area (Å²) in [7, 11) is -3.87. The van der Waals surface area contributed by atoms with Crippen LogP contribution in [0.5, 0.6) is 0 Å². The van der Waals surface area contributed by atoms with Crippen molar-refractivity contribution in [3.8, 4) is 0 Å². The van der Waals surface area contributed by atoms with Crippen molar-refractivity contribution in [3.05, 3.63) is 71.0 Å². The van der Waals surface area contributed by atoms with E-state index in [0.717, 1.165) is 11.1 Å². The number of hydrogen-bond acceptors (Lipinski definition) is 6. The first-order valence-corrected chi connectivity index (χ1v) is 13.1. The van der Waals surface area contributed by atoms with Gasteiger partial charge in [-0.15, -0.1) is 0 Å². The van der Waals surface area contributed by atoms with Crippen molar-refractivity contribution in [2.75, 3.05) is 25.4 Å². The molecule has 33 heavy (non-hydrogen) atoms. The van der Waals surface area contributed by atoms with Gasteiger partial charge < -0.3 is 5.32 Å². The zero-order chi connectivity index (χ0) is 23.8. The van der Waals surface area contributed by atoms with Crippen LogP contribution in [0, 0.1) is 20.8 Å². The molecule has 2 N–H and O–H groups in total. The summed E-state index contributed by atoms with van der Waals surface area (Å²) < 4.78 is 28.6. The van der Waals surface area contributed by atoms with Gasteiger partial charge >= 0.3 is 0 Å². The molecule has 0 atom stereocenters. The summed E-state index contributed by atoms with van der Waals surface area (Å²) in [5, 5.41) is 10.00. The number of rotatable bonds is 11. The molecule has 1 heterocycles. The fourth-order valence-electron chi connectivity index (χ4n) is 3.70. The van der Waals surface area contributed by atoms with Gasteiger partial charge in [-0.3, -0.25) is 9.89 Å². The summed E-state index contributed by atoms with van der Waals surface area (Å²) in [6.07, 6.45) is 1.93. The smallest absolute Gasteiger partial charge is 0.244 e. The molecule has 8 nitrogen and oxygen atoms in total. The Bertz CT molecular complexity index is 1140. The van der Waals surface area contributed by atoms with Crippen molar-refractivity contribution in [2.24, 2.45) is 0 Å². The molecule has 1 amide bonds. The number of aromatic nitrogens is 3. The van der Waals surface area contributed by atoms with E-state index in [9.17, 15) is 13.2 Å². The minimum atomic E-state index is -3.87. The summed E-state index contributed by atoms with van der Waals surface area (Å²) in [5.41, 5.74) is 3.38. The van der Waals surface area contributed by atoms with Crippen LogP contribution in [0.15, 0.2) is 58.8 Å². The number of thioether (sulfide) groups is 1. The van der Waals surface area contributed by atoms with E-state index in [1.807, 2.05) is 49.4 Å². The first-order chi connectivity index (χ1) is 15.8. The zero-order valence-corrected chi connectivity index (χ0v) is 20.7. The second-order valence-electron chi connectivity index (χ2n) is 7.79. The SMILES string of the molecule is Cc1cc(C)c(S(=O)(=O)N(CCc2ccccc2)CC(=O)NCCSc2ncn[nH]2)c(C)c1. The highest BCUT2D eigenvalue weighted by atomic mass is 32.2. The van der Waals surface area contributed by atoms with E-state index in [4.69, 9.17) is 0 Å². The van der Waals surface area contributed by atoms with Crippen molar-refractivity contribution in [3.63, 3.8) is 0 Å². The summed E-state index contributed by atoms with van der Waals surface area (Å²) in [6.45, 7) is 5.88. The Balaban J connectivity index is 1.73. The van der Waals surface area contributed by atoms with Crippen molar-refractivity contribution >= 4 is 27.7 Å². The number of nitrogens with one attached hydrogen (secondary N) is 2. The van der Waals surface area contributed by atoms with E-state index >= 15 is 0 Å². The molecule has 0 bridgehead atoms. The number of sulfonamides is 1. The van der Waals surface area contributed by atoms with Crippen LogP contribution in [0.2, 0.25) is 0 Å². The lowest BCUT2D eigenvalue weighted by Gasteiger charge is -2.24. The predicted octanol–water partition coefficient (Wildman–Crippen LogP) is 2.87. The van der Waals surface area contributed by atoms with Gasteiger partial charge in [0, 0.05) is 18.8 Å². The Morgan fingerprint density at radius 2 is 1.82 bits per heavy atom. The standard InChI is InChI=1S/C23H29N5O3S2/c1-17-13-18(2)22(19(3)14-17)33(30,31)28(11-9-20-7-5-4-6-8-20)15-21(29)24-10-12-32-23-25-16-26-27-23/h4-8,13-14,16H,9-12,15H2,1-3H3,(H,24,29)(H,25,26,27). The lowest BCUT2D eigenvalue weighted by molar-refractivity contribution is -0.121. The maximum absolute atomic E-state index is 13.6. The number of carbonyl (C=O) groups is 1. The third-order valence-electron chi connectivity index (χ3n) is 5.07. The Labute approximate surface area is 199 Å². The maximum Gasteiger partial charge on any atom is 0.244 e. The van der Waals surface area contributed by atoms with Gasteiger partial charge in [-0.25, -0.2) is 13.4 Å². The first-order valence-electron chi connectivity index (χ1n) is 10.6. The van der Waals surface area contributed by atoms with Gasteiger partial charge in [-0.1, -0.05) is 59.8 Å². The highest BCUT2D eigenvalue weighted by Crippen LogP contribution is 2.25. The van der Waals surface area contributed by atoms with Crippen LogP contribution in [0.4, 0.5) is 0 Å². The number of aromatic amines is 1. The molecule has 0 saturated heterocycles. The van der Waals surface area contributed by atoms with Gasteiger partial charge in [0.05, 0.1) is 11.4 Å². The van der Waals surface area contributed by atoms with Crippen LogP contribution in [-0.4, -0.2) is 59.2 Å². The summed E-state index contributed by atoms with van der Waals surface area (Å²) in [6, 6.07) is 13.4. The topological polar surface area (TPSA) is 108 Å². The fourth-order valence-corrected chi connectivity index (χ4v) is 6.15. The molecule has 3 rings (SSSR count). The molecular weight excluding hydrogens is 458 g/mol. The van der Waals surface area contributed by atoms with E-state index in [0.29, 0.717) is 35.0 Å². The number of hydrogen-bond donors (Lipinski definition) is 2. The van der Waals surface area contributed by atoms with E-state index in [1.165, 1.54) is 22.4 Å². The predicted molar refractivity (Wildman–Crippen MR) is 130 cm³/mol. The molecule has 0 spiro atoms. The minimum Gasteiger partial charge on any atom is -0.354 e. The van der Waals surface area contributed by atoms with Crippen LogP contribution in [-0.2, 0) is 21.2 Å². The van der Waals surface area contributed by atoms with E-state index < -0.39 is 10.0 Å². The van der Waals surface area contributed by atoms with Crippen LogP contribution in [0.1, 0.15) is 22.3 Å². The van der Waals surface area contributed by atoms with E-state index in [2.05, 4.69) is 20.5 Å². The van der Waals surface area contributed by atoms with Crippen LogP contribution >= 0.6 is 11.8 Å². The lowest BCUT2D eigenvalue weighted by Crippen LogP contribution is -2.42. The maximum atomic E-state index is 13.6. The molecular formula is C23H29N5O3S2. The third kappa shape index (κ3) is 6.89. The highest BCUT2D eigenvalue weighted by Gasteiger charge is 2.29. The summed E-state index contributed by atoms with van der Waals surface area (Å²) in [4.78, 5) is 17.0. The zero-order valence-electron chi connectivity index (χ0n) is 19.0. The molecule has 0 aliphatic carbocycles. The lowest BCUT2D eigenvalue weighted by atomic mass is 10.1. The Morgan fingerprint density at radius 1 is 1.12 bits per heavy atom. The van der Waals surface area contributed by atoms with Crippen molar-refractivity contribution < 1.29 is 13.2 Å². The van der Waals surface area contributed by atoms with Crippen molar-refractivity contribution in [2.45, 2.75) is 37.2 Å². The van der Waals surface area contributed by atoms with Gasteiger partial charge in [-0.2, -0.15) is 9.40 Å². The van der Waals surface area contributed by atoms with E-state index in [1.54, 1.807) is 13.8 Å². The van der Waals surface area contributed by atoms with Gasteiger partial charge in [0.1, 0.15) is 6.33 Å². The molecule has 0 fully saturated rings. The Kier molecular flexibility index (Phi) is 8.65. The monoisotopic (exact) mass is 487 g/mol. The Morgan fingerprint density at radius 3 is 2.45 bits per heavy atom. The molecule has 3 aromatic rings. The van der Waals surface area contributed by atoms with Crippen molar-refractivity contribution in [1.82, 2.24) is 24.8 Å². The third-order valence-corrected chi connectivity index (χ3v) is 8.10. The number of amides is 1. The van der Waals surface area contributed by atoms with Crippen LogP contribution in [0.25, 0.3) is 0 Å². The molecule has 10 heteroatoms. The summed E-state index contributed by atoms with van der Waals surface area (Å²) >= 11 is 1.43. The molecule has 0 unspecified atom stereocenters. The number of H-pyrrole nitrogens is 1. The number of nitrogens with zero attached hydrogens (tertiary/aromatic N) is 3. The first kappa shape index (κ1) is 24.9. The molecule has 0 radical (unpaired) electrons. The second-order valence-corrected chi connectivity index (χ2v) is 10.7. The van der Waals surface area contributed by atoms with Gasteiger partial charge in [0.2, 0.25) is 15.9 Å². The average molecular weight is 488 g/mol. The molecule has 1 aromatic heterocycles. The normalized spacial score (nSPS) is 11.6. The minimum absolute atomic E-state index is 0.208. The highest BCUT2D eigenvalue weighted by molar-refractivity contribution is 7.99. The number of benzene rings is 2. The fraction of sp³-hybridized carbons (Fsp3) is 0.348. The molecule has 0 saturated carbocycles.